The first-order valence-electron chi connectivity index (χ1n) is 7.38. The third kappa shape index (κ3) is 5.06. The number of hydrogen-bond donors (Lipinski definition) is 3. The van der Waals surface area contributed by atoms with E-state index in [0.29, 0.717) is 0 Å². The minimum atomic E-state index is -0.528. The van der Waals surface area contributed by atoms with Crippen LogP contribution in [-0.2, 0) is 0 Å². The van der Waals surface area contributed by atoms with Crippen LogP contribution in [0.2, 0.25) is 0 Å². The van der Waals surface area contributed by atoms with Crippen molar-refractivity contribution in [3.8, 4) is 0 Å². The molecule has 0 saturated carbocycles. The fraction of sp³-hybridized carbons (Fsp3) is 0.250. The van der Waals surface area contributed by atoms with Crippen molar-refractivity contribution in [3.63, 3.8) is 0 Å². The molecule has 2 aromatic rings. The minimum absolute atomic E-state index is 0.116. The number of carbonyl (C=O) groups excluding carboxylic acids is 2. The van der Waals surface area contributed by atoms with Gasteiger partial charge in [0.25, 0.3) is 5.91 Å². The van der Waals surface area contributed by atoms with Crippen LogP contribution in [0, 0.1) is 0 Å². The second-order valence-electron chi connectivity index (χ2n) is 4.90. The van der Waals surface area contributed by atoms with Gasteiger partial charge in [0, 0.05) is 12.4 Å². The van der Waals surface area contributed by atoms with Gasteiger partial charge in [-0.05, 0) is 12.0 Å². The molecule has 0 radical (unpaired) electrons. The van der Waals surface area contributed by atoms with Crippen LogP contribution >= 0.6 is 0 Å². The molecule has 0 aliphatic rings. The number of rotatable bonds is 5. The Balaban J connectivity index is 1.88. The molecule has 3 amide bonds. The quantitative estimate of drug-likeness (QED) is 0.735. The maximum Gasteiger partial charge on any atom is 0.333 e. The molecule has 0 fully saturated rings. The molecule has 2 rings (SSSR count). The topological polar surface area (TPSA) is 96.0 Å². The van der Waals surface area contributed by atoms with Crippen LogP contribution < -0.4 is 16.2 Å². The van der Waals surface area contributed by atoms with E-state index < -0.39 is 11.9 Å². The van der Waals surface area contributed by atoms with Gasteiger partial charge in [-0.2, -0.15) is 0 Å². The maximum atomic E-state index is 12.0. The molecule has 23 heavy (non-hydrogen) atoms. The van der Waals surface area contributed by atoms with Gasteiger partial charge in [-0.1, -0.05) is 43.7 Å². The lowest BCUT2D eigenvalue weighted by atomic mass is 10.0. The van der Waals surface area contributed by atoms with Gasteiger partial charge in [0.2, 0.25) is 0 Å². The number of carbonyl (C=O) groups is 2. The van der Waals surface area contributed by atoms with Gasteiger partial charge >= 0.3 is 6.03 Å². The predicted molar refractivity (Wildman–Crippen MR) is 85.3 cm³/mol. The number of aromatic nitrogens is 2. The Morgan fingerprint density at radius 2 is 1.91 bits per heavy atom. The fourth-order valence-corrected chi connectivity index (χ4v) is 2.08. The lowest BCUT2D eigenvalue weighted by Gasteiger charge is -2.19. The van der Waals surface area contributed by atoms with E-state index in [1.807, 2.05) is 37.3 Å². The molecule has 7 heteroatoms. The molecule has 0 unspecified atom stereocenters. The van der Waals surface area contributed by atoms with Gasteiger partial charge in [-0.3, -0.25) is 15.2 Å². The SMILES string of the molecule is CCC[C@H](NC(=O)NNC(=O)c1cnccn1)c1ccccc1. The number of hydrogen-bond acceptors (Lipinski definition) is 4. The number of urea groups is 1. The molecule has 0 spiro atoms. The summed E-state index contributed by atoms with van der Waals surface area (Å²) in [7, 11) is 0. The van der Waals surface area contributed by atoms with E-state index in [4.69, 9.17) is 0 Å². The summed E-state index contributed by atoms with van der Waals surface area (Å²) < 4.78 is 0. The van der Waals surface area contributed by atoms with Crippen LogP contribution in [0.1, 0.15) is 41.9 Å². The molecule has 1 aromatic carbocycles. The van der Waals surface area contributed by atoms with Crippen LogP contribution in [0.3, 0.4) is 0 Å². The highest BCUT2D eigenvalue weighted by molar-refractivity contribution is 5.93. The van der Waals surface area contributed by atoms with Crippen LogP contribution in [0.15, 0.2) is 48.9 Å². The van der Waals surface area contributed by atoms with Gasteiger partial charge in [0.15, 0.2) is 0 Å². The molecule has 3 N–H and O–H groups in total. The van der Waals surface area contributed by atoms with Gasteiger partial charge in [0.1, 0.15) is 5.69 Å². The molecule has 7 nitrogen and oxygen atoms in total. The smallest absolute Gasteiger partial charge is 0.330 e. The van der Waals surface area contributed by atoms with E-state index in [9.17, 15) is 9.59 Å². The van der Waals surface area contributed by atoms with E-state index in [0.717, 1.165) is 18.4 Å². The van der Waals surface area contributed by atoms with Gasteiger partial charge < -0.3 is 5.32 Å². The zero-order valence-electron chi connectivity index (χ0n) is 12.8. The molecular formula is C16H19N5O2. The van der Waals surface area contributed by atoms with Gasteiger partial charge in [-0.25, -0.2) is 15.2 Å². The molecule has 1 aromatic heterocycles. The summed E-state index contributed by atoms with van der Waals surface area (Å²) in [6, 6.07) is 9.09. The summed E-state index contributed by atoms with van der Waals surface area (Å²) >= 11 is 0. The Morgan fingerprint density at radius 1 is 1.13 bits per heavy atom. The predicted octanol–water partition coefficient (Wildman–Crippen LogP) is 1.96. The van der Waals surface area contributed by atoms with Crippen LogP contribution in [0.25, 0.3) is 0 Å². The molecule has 0 bridgehead atoms. The number of hydrazine groups is 1. The van der Waals surface area contributed by atoms with Crippen molar-refractivity contribution in [1.29, 1.82) is 0 Å². The highest BCUT2D eigenvalue weighted by Crippen LogP contribution is 2.17. The second kappa shape index (κ2) is 8.47. The Labute approximate surface area is 134 Å². The molecule has 120 valence electrons. The zero-order chi connectivity index (χ0) is 16.5. The molecular weight excluding hydrogens is 294 g/mol. The average molecular weight is 313 g/mol. The zero-order valence-corrected chi connectivity index (χ0v) is 12.8. The normalized spacial score (nSPS) is 11.3. The highest BCUT2D eigenvalue weighted by atomic mass is 16.2. The average Bonchev–Trinajstić information content (AvgIpc) is 2.61. The minimum Gasteiger partial charge on any atom is -0.330 e. The lowest BCUT2D eigenvalue weighted by molar-refractivity contribution is 0.0930. The lowest BCUT2D eigenvalue weighted by Crippen LogP contribution is -2.48. The van der Waals surface area contributed by atoms with Crippen molar-refractivity contribution < 1.29 is 9.59 Å². The molecule has 0 aliphatic carbocycles. The first kappa shape index (κ1) is 16.4. The van der Waals surface area contributed by atoms with Crippen molar-refractivity contribution in [1.82, 2.24) is 26.1 Å². The van der Waals surface area contributed by atoms with Crippen molar-refractivity contribution in [3.05, 3.63) is 60.2 Å². The highest BCUT2D eigenvalue weighted by Gasteiger charge is 2.14. The van der Waals surface area contributed by atoms with E-state index in [1.54, 1.807) is 0 Å². The maximum absolute atomic E-state index is 12.0. The van der Waals surface area contributed by atoms with E-state index in [-0.39, 0.29) is 11.7 Å². The molecule has 0 aliphatic heterocycles. The third-order valence-electron chi connectivity index (χ3n) is 3.17. The number of nitrogens with one attached hydrogen (secondary N) is 3. The second-order valence-corrected chi connectivity index (χ2v) is 4.90. The van der Waals surface area contributed by atoms with E-state index in [1.165, 1.54) is 18.6 Å². The third-order valence-corrected chi connectivity index (χ3v) is 3.17. The van der Waals surface area contributed by atoms with Crippen molar-refractivity contribution in [2.24, 2.45) is 0 Å². The largest absolute Gasteiger partial charge is 0.333 e. The van der Waals surface area contributed by atoms with E-state index in [2.05, 4.69) is 26.1 Å². The first-order valence-corrected chi connectivity index (χ1v) is 7.38. The summed E-state index contributed by atoms with van der Waals surface area (Å²) in [6.45, 7) is 2.05. The Kier molecular flexibility index (Phi) is 6.05. The Bertz CT molecular complexity index is 633. The summed E-state index contributed by atoms with van der Waals surface area (Å²) in [4.78, 5) is 31.4. The van der Waals surface area contributed by atoms with Crippen molar-refractivity contribution >= 4 is 11.9 Å². The van der Waals surface area contributed by atoms with Crippen LogP contribution in [-0.4, -0.2) is 21.9 Å². The summed E-state index contributed by atoms with van der Waals surface area (Å²) in [5, 5.41) is 2.84. The van der Waals surface area contributed by atoms with E-state index >= 15 is 0 Å². The van der Waals surface area contributed by atoms with Gasteiger partial charge in [-0.15, -0.1) is 0 Å². The summed E-state index contributed by atoms with van der Waals surface area (Å²) in [6.07, 6.45) is 5.91. The summed E-state index contributed by atoms with van der Waals surface area (Å²) in [5.74, 6) is -0.528. The van der Waals surface area contributed by atoms with Gasteiger partial charge in [0.05, 0.1) is 12.2 Å². The van der Waals surface area contributed by atoms with Crippen molar-refractivity contribution in [2.75, 3.05) is 0 Å². The number of nitrogens with zero attached hydrogens (tertiary/aromatic N) is 2. The first-order chi connectivity index (χ1) is 11.2. The Morgan fingerprint density at radius 3 is 2.57 bits per heavy atom. The number of amides is 3. The van der Waals surface area contributed by atoms with Crippen molar-refractivity contribution in [2.45, 2.75) is 25.8 Å². The Hall–Kier alpha value is -2.96. The van der Waals surface area contributed by atoms with Crippen LogP contribution in [0.5, 0.6) is 0 Å². The summed E-state index contributed by atoms with van der Waals surface area (Å²) in [5.41, 5.74) is 5.76. The standard InChI is InChI=1S/C16H19N5O2/c1-2-6-13(12-7-4-3-5-8-12)19-16(23)21-20-15(22)14-11-17-9-10-18-14/h3-5,7-11,13H,2,6H2,1H3,(H,20,22)(H2,19,21,23)/t13-/m0/s1. The molecule has 1 atom stereocenters. The van der Waals surface area contributed by atoms with Crippen LogP contribution in [0.4, 0.5) is 4.79 Å². The fourth-order valence-electron chi connectivity index (χ4n) is 2.08. The number of benzene rings is 1. The molecule has 1 heterocycles. The monoisotopic (exact) mass is 313 g/mol. The molecule has 0 saturated heterocycles.